The highest BCUT2D eigenvalue weighted by Crippen LogP contribution is 2.19. The molecule has 0 aliphatic rings. The molecule has 0 radical (unpaired) electrons. The molecule has 2 heterocycles. The van der Waals surface area contributed by atoms with Gasteiger partial charge in [0, 0.05) is 6.20 Å². The minimum Gasteiger partial charge on any atom is -0.265 e. The lowest BCUT2D eigenvalue weighted by molar-refractivity contribution is 0.600. The van der Waals surface area contributed by atoms with Gasteiger partial charge in [0.15, 0.2) is 11.5 Å². The van der Waals surface area contributed by atoms with Crippen molar-refractivity contribution >= 4 is 26.9 Å². The molecule has 20 heavy (non-hydrogen) atoms. The predicted octanol–water partition coefficient (Wildman–Crippen LogP) is 1.90. The van der Waals surface area contributed by atoms with Gasteiger partial charge in [-0.2, -0.15) is 5.10 Å². The zero-order valence-corrected chi connectivity index (χ0v) is 11.3. The van der Waals surface area contributed by atoms with Gasteiger partial charge in [0.1, 0.15) is 0 Å². The first-order chi connectivity index (χ1) is 9.64. The lowest BCUT2D eigenvalue weighted by Gasteiger charge is -2.05. The molecule has 0 bridgehead atoms. The van der Waals surface area contributed by atoms with Crippen molar-refractivity contribution in [2.24, 2.45) is 0 Å². The lowest BCUT2D eigenvalue weighted by atomic mass is 10.2. The normalized spacial score (nSPS) is 11.6. The van der Waals surface area contributed by atoms with Crippen LogP contribution in [0.5, 0.6) is 0 Å². The van der Waals surface area contributed by atoms with E-state index in [1.807, 2.05) is 6.07 Å². The van der Waals surface area contributed by atoms with Gasteiger partial charge in [0.05, 0.1) is 11.1 Å². The van der Waals surface area contributed by atoms with Crippen molar-refractivity contribution in [1.29, 1.82) is 0 Å². The predicted molar refractivity (Wildman–Crippen MR) is 76.6 cm³/mol. The Labute approximate surface area is 115 Å². The highest BCUT2D eigenvalue weighted by molar-refractivity contribution is 7.91. The summed E-state index contributed by atoms with van der Waals surface area (Å²) < 4.78 is 26.7. The van der Waals surface area contributed by atoms with Crippen molar-refractivity contribution in [3.8, 4) is 0 Å². The summed E-state index contributed by atoms with van der Waals surface area (Å²) in [5.74, 6) is 0.173. The summed E-state index contributed by atoms with van der Waals surface area (Å²) in [6, 6.07) is 12.5. The number of aromatic nitrogens is 3. The number of nitrogens with one attached hydrogen (secondary N) is 2. The maximum Gasteiger partial charge on any atom is 0.238 e. The zero-order valence-electron chi connectivity index (χ0n) is 10.4. The van der Waals surface area contributed by atoms with E-state index in [0.717, 1.165) is 5.56 Å². The number of fused-ring (bicyclic) bond motifs is 1. The molecule has 6 nitrogen and oxygen atoms in total. The van der Waals surface area contributed by atoms with Crippen molar-refractivity contribution in [3.63, 3.8) is 0 Å². The second-order valence-electron chi connectivity index (χ2n) is 4.32. The number of benzene rings is 1. The first-order valence-corrected chi connectivity index (χ1v) is 7.63. The molecule has 102 valence electrons. The number of rotatable bonds is 4. The summed E-state index contributed by atoms with van der Waals surface area (Å²) >= 11 is 0. The van der Waals surface area contributed by atoms with Crippen LogP contribution in [0.15, 0.2) is 48.7 Å². The second kappa shape index (κ2) is 4.93. The van der Waals surface area contributed by atoms with Crippen LogP contribution in [0.25, 0.3) is 11.0 Å². The highest BCUT2D eigenvalue weighted by Gasteiger charge is 2.15. The molecule has 0 saturated heterocycles. The number of anilines is 1. The molecule has 0 unspecified atom stereocenters. The van der Waals surface area contributed by atoms with Gasteiger partial charge in [0.25, 0.3) is 0 Å². The molecule has 3 aromatic rings. The van der Waals surface area contributed by atoms with Crippen molar-refractivity contribution in [3.05, 3.63) is 54.2 Å². The third-order valence-corrected chi connectivity index (χ3v) is 4.01. The highest BCUT2D eigenvalue weighted by atomic mass is 32.2. The van der Waals surface area contributed by atoms with Crippen molar-refractivity contribution in [2.45, 2.75) is 5.75 Å². The average Bonchev–Trinajstić information content (AvgIpc) is 2.82. The van der Waals surface area contributed by atoms with Crippen LogP contribution in [0.1, 0.15) is 5.56 Å². The van der Waals surface area contributed by atoms with Crippen molar-refractivity contribution in [2.75, 3.05) is 4.72 Å². The van der Waals surface area contributed by atoms with Gasteiger partial charge in [-0.05, 0) is 17.7 Å². The molecule has 3 rings (SSSR count). The maximum absolute atomic E-state index is 12.1. The van der Waals surface area contributed by atoms with Gasteiger partial charge < -0.3 is 0 Å². The number of hydrogen-bond donors (Lipinski definition) is 2. The van der Waals surface area contributed by atoms with Gasteiger partial charge in [0.2, 0.25) is 10.0 Å². The number of nitrogens with zero attached hydrogens (tertiary/aromatic N) is 2. The van der Waals surface area contributed by atoms with Crippen LogP contribution in [-0.4, -0.2) is 23.6 Å². The van der Waals surface area contributed by atoms with Gasteiger partial charge >= 0.3 is 0 Å². The zero-order chi connectivity index (χ0) is 14.0. The topological polar surface area (TPSA) is 87.7 Å². The van der Waals surface area contributed by atoms with Crippen molar-refractivity contribution in [1.82, 2.24) is 15.2 Å². The van der Waals surface area contributed by atoms with E-state index in [2.05, 4.69) is 19.9 Å². The van der Waals surface area contributed by atoms with E-state index in [4.69, 9.17) is 0 Å². The quantitative estimate of drug-likeness (QED) is 0.767. The van der Waals surface area contributed by atoms with Crippen molar-refractivity contribution < 1.29 is 8.42 Å². The van der Waals surface area contributed by atoms with E-state index in [1.165, 1.54) is 0 Å². The Balaban J connectivity index is 1.86. The van der Waals surface area contributed by atoms with Crippen LogP contribution >= 0.6 is 0 Å². The Morgan fingerprint density at radius 2 is 1.90 bits per heavy atom. The first kappa shape index (κ1) is 12.6. The third-order valence-electron chi connectivity index (χ3n) is 2.79. The minimum atomic E-state index is -3.51. The number of aromatic amines is 1. The van der Waals surface area contributed by atoms with Gasteiger partial charge in [-0.25, -0.2) is 13.4 Å². The summed E-state index contributed by atoms with van der Waals surface area (Å²) in [5, 5.41) is 7.27. The molecular formula is C13H12N4O2S. The summed E-state index contributed by atoms with van der Waals surface area (Å²) in [6.07, 6.45) is 1.61. The fourth-order valence-corrected chi connectivity index (χ4v) is 3.06. The third kappa shape index (κ3) is 2.62. The molecule has 0 spiro atoms. The lowest BCUT2D eigenvalue weighted by Crippen LogP contribution is -2.15. The Morgan fingerprint density at radius 3 is 2.70 bits per heavy atom. The largest absolute Gasteiger partial charge is 0.265 e. The van der Waals surface area contributed by atoms with Gasteiger partial charge in [-0.1, -0.05) is 30.3 Å². The number of H-pyrrole nitrogens is 1. The number of sulfonamides is 1. The minimum absolute atomic E-state index is 0.0948. The molecule has 0 saturated carbocycles. The Bertz CT molecular complexity index is 828. The Kier molecular flexibility index (Phi) is 3.11. The SMILES string of the molecule is O=S(=O)(Cc1ccccc1)Nc1n[nH]c2ncccc12. The number of pyridine rings is 1. The van der Waals surface area contributed by atoms with Crippen LogP contribution < -0.4 is 4.72 Å². The standard InChI is InChI=1S/C13H12N4O2S/c18-20(19,9-10-5-2-1-3-6-10)17-13-11-7-4-8-14-12(11)15-16-13/h1-8H,9H2,(H2,14,15,16,17). The van der Waals surface area contributed by atoms with Crippen LogP contribution in [0.2, 0.25) is 0 Å². The Morgan fingerprint density at radius 1 is 1.10 bits per heavy atom. The average molecular weight is 288 g/mol. The molecule has 0 fully saturated rings. The Hall–Kier alpha value is -2.41. The van der Waals surface area contributed by atoms with E-state index in [-0.39, 0.29) is 11.6 Å². The molecular weight excluding hydrogens is 276 g/mol. The molecule has 0 aliphatic heterocycles. The fourth-order valence-electron chi connectivity index (χ4n) is 1.91. The monoisotopic (exact) mass is 288 g/mol. The molecule has 7 heteroatoms. The van der Waals surface area contributed by atoms with Gasteiger partial charge in [-0.3, -0.25) is 9.82 Å². The molecule has 0 atom stereocenters. The van der Waals surface area contributed by atoms with Gasteiger partial charge in [-0.15, -0.1) is 0 Å². The summed E-state index contributed by atoms with van der Waals surface area (Å²) in [5.41, 5.74) is 1.27. The van der Waals surface area contributed by atoms with E-state index >= 15 is 0 Å². The fraction of sp³-hybridized carbons (Fsp3) is 0.0769. The van der Waals surface area contributed by atoms with Crippen LogP contribution in [0.4, 0.5) is 5.82 Å². The second-order valence-corrected chi connectivity index (χ2v) is 6.04. The first-order valence-electron chi connectivity index (χ1n) is 5.97. The van der Waals surface area contributed by atoms with E-state index in [9.17, 15) is 8.42 Å². The van der Waals surface area contributed by atoms with Crippen LogP contribution in [0, 0.1) is 0 Å². The summed E-state index contributed by atoms with van der Waals surface area (Å²) in [7, 11) is -3.51. The molecule has 0 amide bonds. The molecule has 2 N–H and O–H groups in total. The van der Waals surface area contributed by atoms with E-state index < -0.39 is 10.0 Å². The number of hydrogen-bond acceptors (Lipinski definition) is 4. The molecule has 2 aromatic heterocycles. The molecule has 1 aromatic carbocycles. The van der Waals surface area contributed by atoms with E-state index in [0.29, 0.717) is 11.0 Å². The maximum atomic E-state index is 12.1. The molecule has 0 aliphatic carbocycles. The van der Waals surface area contributed by atoms with E-state index in [1.54, 1.807) is 42.6 Å². The summed E-state index contributed by atoms with van der Waals surface area (Å²) in [4.78, 5) is 4.06. The van der Waals surface area contributed by atoms with Crippen LogP contribution in [-0.2, 0) is 15.8 Å². The smallest absolute Gasteiger partial charge is 0.238 e. The summed E-state index contributed by atoms with van der Waals surface area (Å²) in [6.45, 7) is 0. The van der Waals surface area contributed by atoms with Crippen LogP contribution in [0.3, 0.4) is 0 Å².